The van der Waals surface area contributed by atoms with Crippen LogP contribution in [0.15, 0.2) is 59.6 Å². The second-order valence-electron chi connectivity index (χ2n) is 6.49. The Hall–Kier alpha value is -1.71. The van der Waals surface area contributed by atoms with E-state index in [2.05, 4.69) is 15.6 Å². The van der Waals surface area contributed by atoms with Crippen LogP contribution in [0, 0.1) is 5.82 Å². The summed E-state index contributed by atoms with van der Waals surface area (Å²) in [4.78, 5) is 4.50. The number of nitrogens with zero attached hydrogens (tertiary/aromatic N) is 1. The van der Waals surface area contributed by atoms with Crippen LogP contribution in [-0.4, -0.2) is 37.8 Å². The van der Waals surface area contributed by atoms with E-state index in [4.69, 9.17) is 4.74 Å². The SMILES string of the molecule is CCNC(=NCC(C)(O)c1ccccc1)NCC(OC)c1ccc(F)cc1.I. The molecule has 0 spiro atoms. The fourth-order valence-electron chi connectivity index (χ4n) is 2.67. The number of nitrogens with one attached hydrogen (secondary N) is 2. The molecule has 0 heterocycles. The van der Waals surface area contributed by atoms with Crippen molar-refractivity contribution in [1.29, 1.82) is 0 Å². The van der Waals surface area contributed by atoms with E-state index < -0.39 is 5.60 Å². The number of halogens is 2. The fourth-order valence-corrected chi connectivity index (χ4v) is 2.67. The number of aliphatic imine (C=N–C) groups is 1. The van der Waals surface area contributed by atoms with Gasteiger partial charge in [0.15, 0.2) is 5.96 Å². The molecule has 154 valence electrons. The lowest BCUT2D eigenvalue weighted by atomic mass is 9.96. The Morgan fingerprint density at radius 2 is 1.79 bits per heavy atom. The normalized spacial score (nSPS) is 14.5. The molecule has 3 N–H and O–H groups in total. The van der Waals surface area contributed by atoms with Crippen molar-refractivity contribution in [2.75, 3.05) is 26.7 Å². The van der Waals surface area contributed by atoms with Crippen LogP contribution in [0.1, 0.15) is 31.1 Å². The number of hydrogen-bond acceptors (Lipinski definition) is 3. The zero-order valence-corrected chi connectivity index (χ0v) is 18.8. The van der Waals surface area contributed by atoms with Crippen LogP contribution in [0.25, 0.3) is 0 Å². The average Bonchev–Trinajstić information content (AvgIpc) is 2.68. The van der Waals surface area contributed by atoms with Crippen molar-refractivity contribution >= 4 is 29.9 Å². The minimum absolute atomic E-state index is 0. The summed E-state index contributed by atoms with van der Waals surface area (Å²) >= 11 is 0. The molecule has 0 aliphatic carbocycles. The van der Waals surface area contributed by atoms with E-state index >= 15 is 0 Å². The van der Waals surface area contributed by atoms with Gasteiger partial charge in [0.05, 0.1) is 12.6 Å². The van der Waals surface area contributed by atoms with Crippen LogP contribution < -0.4 is 10.6 Å². The van der Waals surface area contributed by atoms with Crippen molar-refractivity contribution in [1.82, 2.24) is 10.6 Å². The van der Waals surface area contributed by atoms with E-state index in [0.717, 1.165) is 11.1 Å². The van der Waals surface area contributed by atoms with Crippen LogP contribution >= 0.6 is 24.0 Å². The van der Waals surface area contributed by atoms with Gasteiger partial charge in [-0.05, 0) is 37.1 Å². The first-order valence-electron chi connectivity index (χ1n) is 9.04. The average molecular weight is 501 g/mol. The maximum atomic E-state index is 13.1. The summed E-state index contributed by atoms with van der Waals surface area (Å²) in [5.74, 6) is 0.303. The first-order chi connectivity index (χ1) is 13.0. The third-order valence-electron chi connectivity index (χ3n) is 4.27. The van der Waals surface area contributed by atoms with Crippen molar-refractivity contribution in [2.45, 2.75) is 25.6 Å². The Bertz CT molecular complexity index is 724. The Kier molecular flexibility index (Phi) is 10.4. The second kappa shape index (κ2) is 12.0. The van der Waals surface area contributed by atoms with Crippen LogP contribution in [0.5, 0.6) is 0 Å². The number of benzene rings is 2. The molecule has 0 saturated heterocycles. The minimum atomic E-state index is -1.07. The molecule has 2 aromatic carbocycles. The third kappa shape index (κ3) is 7.37. The molecule has 2 rings (SSSR count). The summed E-state index contributed by atoms with van der Waals surface area (Å²) < 4.78 is 18.6. The molecule has 0 radical (unpaired) electrons. The van der Waals surface area contributed by atoms with Crippen LogP contribution in [-0.2, 0) is 10.3 Å². The van der Waals surface area contributed by atoms with Gasteiger partial charge in [0.25, 0.3) is 0 Å². The summed E-state index contributed by atoms with van der Waals surface area (Å²) in [6.45, 7) is 5.07. The first kappa shape index (κ1) is 24.3. The molecule has 28 heavy (non-hydrogen) atoms. The molecule has 0 fully saturated rings. The molecule has 0 aliphatic rings. The predicted octanol–water partition coefficient (Wildman–Crippen LogP) is 3.59. The van der Waals surface area contributed by atoms with Gasteiger partial charge in [0, 0.05) is 20.2 Å². The van der Waals surface area contributed by atoms with E-state index in [-0.39, 0.29) is 42.4 Å². The van der Waals surface area contributed by atoms with Crippen molar-refractivity contribution in [2.24, 2.45) is 4.99 Å². The molecular weight excluding hydrogens is 472 g/mol. The largest absolute Gasteiger partial charge is 0.384 e. The highest BCUT2D eigenvalue weighted by Crippen LogP contribution is 2.20. The van der Waals surface area contributed by atoms with Gasteiger partial charge in [0.2, 0.25) is 0 Å². The first-order valence-corrected chi connectivity index (χ1v) is 9.04. The molecule has 7 heteroatoms. The number of ether oxygens (including phenoxy) is 1. The van der Waals surface area contributed by atoms with Gasteiger partial charge in [-0.25, -0.2) is 9.38 Å². The van der Waals surface area contributed by atoms with Gasteiger partial charge in [-0.15, -0.1) is 24.0 Å². The van der Waals surface area contributed by atoms with Crippen molar-refractivity contribution in [3.8, 4) is 0 Å². The zero-order valence-electron chi connectivity index (χ0n) is 16.5. The molecule has 5 nitrogen and oxygen atoms in total. The number of aliphatic hydroxyl groups is 1. The van der Waals surface area contributed by atoms with Gasteiger partial charge in [0.1, 0.15) is 11.4 Å². The van der Waals surface area contributed by atoms with Gasteiger partial charge in [-0.1, -0.05) is 42.5 Å². The number of methoxy groups -OCH3 is 1. The van der Waals surface area contributed by atoms with Crippen molar-refractivity contribution in [3.05, 3.63) is 71.5 Å². The molecule has 0 bridgehead atoms. The fraction of sp³-hybridized carbons (Fsp3) is 0.381. The van der Waals surface area contributed by atoms with E-state index in [1.54, 1.807) is 26.2 Å². The lowest BCUT2D eigenvalue weighted by Gasteiger charge is -2.23. The monoisotopic (exact) mass is 501 g/mol. The van der Waals surface area contributed by atoms with E-state index in [1.807, 2.05) is 37.3 Å². The molecule has 2 atom stereocenters. The summed E-state index contributed by atoms with van der Waals surface area (Å²) in [5.41, 5.74) is 0.616. The summed E-state index contributed by atoms with van der Waals surface area (Å²) in [6, 6.07) is 15.7. The van der Waals surface area contributed by atoms with Crippen molar-refractivity contribution in [3.63, 3.8) is 0 Å². The molecule has 0 aliphatic heterocycles. The Balaban J connectivity index is 0.00000392. The van der Waals surface area contributed by atoms with E-state index in [0.29, 0.717) is 19.0 Å². The van der Waals surface area contributed by atoms with Crippen LogP contribution in [0.4, 0.5) is 4.39 Å². The maximum Gasteiger partial charge on any atom is 0.191 e. The smallest absolute Gasteiger partial charge is 0.191 e. The molecule has 2 unspecified atom stereocenters. The lowest BCUT2D eigenvalue weighted by Crippen LogP contribution is -2.40. The van der Waals surface area contributed by atoms with Gasteiger partial charge in [-0.3, -0.25) is 0 Å². The highest BCUT2D eigenvalue weighted by molar-refractivity contribution is 14.0. The summed E-state index contributed by atoms with van der Waals surface area (Å²) in [7, 11) is 1.61. The molecule has 0 amide bonds. The Morgan fingerprint density at radius 3 is 2.36 bits per heavy atom. The number of guanidine groups is 1. The van der Waals surface area contributed by atoms with E-state index in [9.17, 15) is 9.50 Å². The summed E-state index contributed by atoms with van der Waals surface area (Å²) in [6.07, 6.45) is -0.246. The van der Waals surface area contributed by atoms with E-state index in [1.165, 1.54) is 12.1 Å². The van der Waals surface area contributed by atoms with Crippen molar-refractivity contribution < 1.29 is 14.2 Å². The lowest BCUT2D eigenvalue weighted by molar-refractivity contribution is 0.0671. The predicted molar refractivity (Wildman–Crippen MR) is 122 cm³/mol. The second-order valence-corrected chi connectivity index (χ2v) is 6.49. The minimum Gasteiger partial charge on any atom is -0.384 e. The summed E-state index contributed by atoms with van der Waals surface area (Å²) in [5, 5.41) is 17.1. The number of rotatable bonds is 8. The standard InChI is InChI=1S/C21H28FN3O2.HI/c1-4-23-20(25-15-21(2,26)17-8-6-5-7-9-17)24-14-19(27-3)16-10-12-18(22)13-11-16;/h5-13,19,26H,4,14-15H2,1-3H3,(H2,23,24,25);1H. The van der Waals surface area contributed by atoms with Crippen LogP contribution in [0.2, 0.25) is 0 Å². The topological polar surface area (TPSA) is 65.9 Å². The Morgan fingerprint density at radius 1 is 1.14 bits per heavy atom. The molecular formula is C21H29FIN3O2. The van der Waals surface area contributed by atoms with Crippen LogP contribution in [0.3, 0.4) is 0 Å². The highest BCUT2D eigenvalue weighted by Gasteiger charge is 2.22. The molecule has 0 saturated carbocycles. The third-order valence-corrected chi connectivity index (χ3v) is 4.27. The Labute approximate surface area is 183 Å². The molecule has 0 aromatic heterocycles. The van der Waals surface area contributed by atoms with Gasteiger partial charge < -0.3 is 20.5 Å². The number of hydrogen-bond donors (Lipinski definition) is 3. The zero-order chi connectivity index (χ0) is 19.7. The molecule has 2 aromatic rings. The quantitative estimate of drug-likeness (QED) is 0.294. The van der Waals surface area contributed by atoms with Gasteiger partial charge >= 0.3 is 0 Å². The highest BCUT2D eigenvalue weighted by atomic mass is 127. The maximum absolute atomic E-state index is 13.1. The van der Waals surface area contributed by atoms with Gasteiger partial charge in [-0.2, -0.15) is 0 Å².